The van der Waals surface area contributed by atoms with Crippen LogP contribution in [0.1, 0.15) is 22.2 Å². The molecule has 0 radical (unpaired) electrons. The number of carbonyl (C=O) groups is 1. The van der Waals surface area contributed by atoms with Crippen LogP contribution in [0, 0.1) is 0 Å². The van der Waals surface area contributed by atoms with Crippen molar-refractivity contribution in [2.24, 2.45) is 0 Å². The fourth-order valence-electron chi connectivity index (χ4n) is 2.58. The lowest BCUT2D eigenvalue weighted by Crippen LogP contribution is -2.49. The molecule has 8 nitrogen and oxygen atoms in total. The molecule has 0 aliphatic carbocycles. The summed E-state index contributed by atoms with van der Waals surface area (Å²) in [7, 11) is 0. The van der Waals surface area contributed by atoms with Crippen molar-refractivity contribution in [2.75, 3.05) is 13.1 Å². The molecule has 0 spiro atoms. The maximum atomic E-state index is 12.3. The van der Waals surface area contributed by atoms with Crippen molar-refractivity contribution in [3.63, 3.8) is 0 Å². The second-order valence-corrected chi connectivity index (χ2v) is 5.51. The molecular weight excluding hydrogens is 310 g/mol. The molecule has 0 saturated carbocycles. The number of hydrogen-bond acceptors (Lipinski definition) is 6. The zero-order chi connectivity index (χ0) is 16.5. The number of aromatic nitrogens is 4. The second kappa shape index (κ2) is 5.73. The van der Waals surface area contributed by atoms with Gasteiger partial charge in [-0.1, -0.05) is 5.16 Å². The highest BCUT2D eigenvalue weighted by atomic mass is 16.5. The van der Waals surface area contributed by atoms with Gasteiger partial charge in [-0.3, -0.25) is 14.6 Å². The Morgan fingerprint density at radius 3 is 2.79 bits per heavy atom. The number of nitrogens with zero attached hydrogens (tertiary/aromatic N) is 4. The quantitative estimate of drug-likeness (QED) is 0.772. The molecule has 1 amide bonds. The van der Waals surface area contributed by atoms with Crippen LogP contribution >= 0.6 is 0 Å². The maximum Gasteiger partial charge on any atom is 0.260 e. The molecule has 1 saturated heterocycles. The first-order valence-electron chi connectivity index (χ1n) is 7.43. The van der Waals surface area contributed by atoms with E-state index in [2.05, 4.69) is 20.1 Å². The molecule has 1 N–H and O–H groups in total. The van der Waals surface area contributed by atoms with E-state index in [1.54, 1.807) is 35.5 Å². The standard InChI is InChI=1S/C16H13N5O3/c22-14-12(2-1-5-18-14)16(23)21-8-11(9-21)15-19-13(20-24-15)10-3-6-17-7-4-10/h1-7,11H,8-9H2,(H,18,22). The smallest absolute Gasteiger partial charge is 0.260 e. The minimum absolute atomic E-state index is 0.0140. The number of nitrogens with one attached hydrogen (secondary N) is 1. The molecule has 1 aliphatic rings. The molecule has 1 fully saturated rings. The lowest BCUT2D eigenvalue weighted by Gasteiger charge is -2.36. The molecule has 3 aromatic heterocycles. The van der Waals surface area contributed by atoms with Crippen LogP contribution in [0.2, 0.25) is 0 Å². The third kappa shape index (κ3) is 2.47. The van der Waals surface area contributed by atoms with Gasteiger partial charge in [0.05, 0.1) is 5.92 Å². The minimum atomic E-state index is -0.385. The Labute approximate surface area is 136 Å². The van der Waals surface area contributed by atoms with Gasteiger partial charge in [-0.2, -0.15) is 4.98 Å². The predicted molar refractivity (Wildman–Crippen MR) is 83.2 cm³/mol. The Bertz CT molecular complexity index is 928. The summed E-state index contributed by atoms with van der Waals surface area (Å²) < 4.78 is 5.29. The Morgan fingerprint density at radius 1 is 1.25 bits per heavy atom. The van der Waals surface area contributed by atoms with Crippen LogP contribution in [0.3, 0.4) is 0 Å². The van der Waals surface area contributed by atoms with E-state index in [0.717, 1.165) is 5.56 Å². The first kappa shape index (κ1) is 14.3. The highest BCUT2D eigenvalue weighted by Gasteiger charge is 2.36. The summed E-state index contributed by atoms with van der Waals surface area (Å²) in [5.74, 6) is 0.686. The summed E-state index contributed by atoms with van der Waals surface area (Å²) in [4.78, 5) is 36.4. The van der Waals surface area contributed by atoms with Crippen molar-refractivity contribution in [2.45, 2.75) is 5.92 Å². The van der Waals surface area contributed by atoms with E-state index in [1.807, 2.05) is 0 Å². The van der Waals surface area contributed by atoms with Crippen LogP contribution in [0.4, 0.5) is 0 Å². The fraction of sp³-hybridized carbons (Fsp3) is 0.188. The molecule has 3 aromatic rings. The summed E-state index contributed by atoms with van der Waals surface area (Å²) >= 11 is 0. The summed E-state index contributed by atoms with van der Waals surface area (Å²) in [5.41, 5.74) is 0.575. The van der Waals surface area contributed by atoms with Crippen LogP contribution in [0.15, 0.2) is 52.2 Å². The van der Waals surface area contributed by atoms with Crippen LogP contribution in [-0.2, 0) is 0 Å². The van der Waals surface area contributed by atoms with Gasteiger partial charge in [0.1, 0.15) is 5.56 Å². The molecule has 4 heterocycles. The molecule has 8 heteroatoms. The molecule has 0 bridgehead atoms. The largest absolute Gasteiger partial charge is 0.339 e. The summed E-state index contributed by atoms with van der Waals surface area (Å²) in [6.45, 7) is 0.899. The SMILES string of the molecule is O=C(c1ccc[nH]c1=O)N1CC(c2nc(-c3ccncc3)no2)C1. The van der Waals surface area contributed by atoms with Gasteiger partial charge in [0.15, 0.2) is 0 Å². The van der Waals surface area contributed by atoms with Crippen LogP contribution in [-0.4, -0.2) is 44.0 Å². The monoisotopic (exact) mass is 323 g/mol. The number of amides is 1. The van der Waals surface area contributed by atoms with Crippen molar-refractivity contribution < 1.29 is 9.32 Å². The van der Waals surface area contributed by atoms with E-state index in [-0.39, 0.29) is 22.9 Å². The Kier molecular flexibility index (Phi) is 3.42. The average molecular weight is 323 g/mol. The van der Waals surface area contributed by atoms with Crippen LogP contribution < -0.4 is 5.56 Å². The van der Waals surface area contributed by atoms with Gasteiger partial charge in [-0.25, -0.2) is 0 Å². The summed E-state index contributed by atoms with van der Waals surface area (Å²) in [5, 5.41) is 3.96. The highest BCUT2D eigenvalue weighted by molar-refractivity contribution is 5.94. The average Bonchev–Trinajstić information content (AvgIpc) is 3.04. The van der Waals surface area contributed by atoms with Gasteiger partial charge in [0.25, 0.3) is 11.5 Å². The second-order valence-electron chi connectivity index (χ2n) is 5.51. The predicted octanol–water partition coefficient (Wildman–Crippen LogP) is 1.06. The molecule has 4 rings (SSSR count). The summed E-state index contributed by atoms with van der Waals surface area (Å²) in [6, 6.07) is 6.74. The Hall–Kier alpha value is -3.29. The normalized spacial score (nSPS) is 14.4. The van der Waals surface area contributed by atoms with Crippen molar-refractivity contribution in [1.82, 2.24) is 25.0 Å². The van der Waals surface area contributed by atoms with Gasteiger partial charge >= 0.3 is 0 Å². The number of aromatic amines is 1. The number of hydrogen-bond donors (Lipinski definition) is 1. The third-order valence-electron chi connectivity index (χ3n) is 3.95. The van der Waals surface area contributed by atoms with Crippen molar-refractivity contribution in [3.05, 3.63) is 64.7 Å². The molecular formula is C16H13N5O3. The minimum Gasteiger partial charge on any atom is -0.339 e. The lowest BCUT2D eigenvalue weighted by atomic mass is 9.99. The van der Waals surface area contributed by atoms with Crippen LogP contribution in [0.25, 0.3) is 11.4 Å². The molecule has 120 valence electrons. The molecule has 1 aliphatic heterocycles. The van der Waals surface area contributed by atoms with Crippen molar-refractivity contribution >= 4 is 5.91 Å². The van der Waals surface area contributed by atoms with Crippen LogP contribution in [0.5, 0.6) is 0 Å². The van der Waals surface area contributed by atoms with Gasteiger partial charge in [-0.15, -0.1) is 0 Å². The van der Waals surface area contributed by atoms with E-state index in [4.69, 9.17) is 4.52 Å². The molecule has 0 atom stereocenters. The van der Waals surface area contributed by atoms with Gasteiger partial charge in [-0.05, 0) is 24.3 Å². The van der Waals surface area contributed by atoms with Crippen molar-refractivity contribution in [3.8, 4) is 11.4 Å². The van der Waals surface area contributed by atoms with E-state index in [9.17, 15) is 9.59 Å². The van der Waals surface area contributed by atoms with Gasteiger partial charge in [0.2, 0.25) is 11.7 Å². The van der Waals surface area contributed by atoms with Gasteiger partial charge < -0.3 is 14.4 Å². The first-order valence-corrected chi connectivity index (χ1v) is 7.43. The zero-order valence-corrected chi connectivity index (χ0v) is 12.5. The Morgan fingerprint density at radius 2 is 2.04 bits per heavy atom. The maximum absolute atomic E-state index is 12.3. The molecule has 0 aromatic carbocycles. The van der Waals surface area contributed by atoms with E-state index < -0.39 is 0 Å². The number of H-pyrrole nitrogens is 1. The fourth-order valence-corrected chi connectivity index (χ4v) is 2.58. The third-order valence-corrected chi connectivity index (χ3v) is 3.95. The first-order chi connectivity index (χ1) is 11.7. The van der Waals surface area contributed by atoms with Crippen molar-refractivity contribution in [1.29, 1.82) is 0 Å². The van der Waals surface area contributed by atoms with E-state index >= 15 is 0 Å². The number of likely N-dealkylation sites (tertiary alicyclic amines) is 1. The number of pyridine rings is 2. The lowest BCUT2D eigenvalue weighted by molar-refractivity contribution is 0.0567. The van der Waals surface area contributed by atoms with E-state index in [0.29, 0.717) is 24.8 Å². The molecule has 24 heavy (non-hydrogen) atoms. The zero-order valence-electron chi connectivity index (χ0n) is 12.5. The van der Waals surface area contributed by atoms with E-state index in [1.165, 1.54) is 12.3 Å². The molecule has 0 unspecified atom stereocenters. The Balaban J connectivity index is 1.45. The topological polar surface area (TPSA) is 105 Å². The number of carbonyl (C=O) groups excluding carboxylic acids is 1. The number of rotatable bonds is 3. The summed E-state index contributed by atoms with van der Waals surface area (Å²) in [6.07, 6.45) is 4.82. The van der Waals surface area contributed by atoms with Gasteiger partial charge in [0, 0.05) is 37.2 Å². The highest BCUT2D eigenvalue weighted by Crippen LogP contribution is 2.28.